The van der Waals surface area contributed by atoms with E-state index in [-0.39, 0.29) is 6.10 Å². The van der Waals surface area contributed by atoms with E-state index < -0.39 is 0 Å². The van der Waals surface area contributed by atoms with E-state index in [4.69, 9.17) is 16.2 Å². The number of aromatic nitrogens is 1. The smallest absolute Gasteiger partial charge is 0.130 e. The first-order chi connectivity index (χ1) is 11.1. The van der Waals surface area contributed by atoms with Crippen molar-refractivity contribution in [2.24, 2.45) is 5.73 Å². The van der Waals surface area contributed by atoms with Crippen LogP contribution in [0.25, 0.3) is 21.9 Å². The monoisotopic (exact) mass is 305 g/mol. The van der Waals surface area contributed by atoms with E-state index in [2.05, 4.69) is 42.2 Å². The van der Waals surface area contributed by atoms with Crippen LogP contribution in [0.5, 0.6) is 5.75 Å². The lowest BCUT2D eigenvalue weighted by Gasteiger charge is -2.12. The summed E-state index contributed by atoms with van der Waals surface area (Å²) in [4.78, 5) is 4.14. The highest BCUT2D eigenvalue weighted by molar-refractivity contribution is 5.89. The Morgan fingerprint density at radius 3 is 2.87 bits per heavy atom. The Bertz CT molecular complexity index is 905. The van der Waals surface area contributed by atoms with Gasteiger partial charge in [0, 0.05) is 30.1 Å². The summed E-state index contributed by atoms with van der Waals surface area (Å²) in [5, 5.41) is 2.16. The molecule has 0 spiro atoms. The van der Waals surface area contributed by atoms with Crippen molar-refractivity contribution >= 4 is 16.6 Å². The van der Waals surface area contributed by atoms with Crippen molar-refractivity contribution in [1.29, 1.82) is 0 Å². The summed E-state index contributed by atoms with van der Waals surface area (Å²) >= 11 is 0. The molecule has 0 aliphatic carbocycles. The van der Waals surface area contributed by atoms with Crippen LogP contribution < -0.4 is 16.2 Å². The van der Waals surface area contributed by atoms with Crippen LogP contribution in [0.2, 0.25) is 0 Å². The van der Waals surface area contributed by atoms with Gasteiger partial charge in [0.05, 0.1) is 0 Å². The standard InChI is InChI=1S/C19H19N3O/c1-11-4-15-7-16(9-20)23-19(15)17(5-11)12-2-3-13-10-22-18(21)8-14(13)6-12/h2-6,8,10,16H,7,9,20H2,1H3,(H2,21,22). The molecule has 4 rings (SSSR count). The first-order valence-electron chi connectivity index (χ1n) is 7.80. The van der Waals surface area contributed by atoms with Crippen LogP contribution in [-0.4, -0.2) is 17.6 Å². The molecule has 23 heavy (non-hydrogen) atoms. The highest BCUT2D eigenvalue weighted by atomic mass is 16.5. The lowest BCUT2D eigenvalue weighted by atomic mass is 9.96. The fraction of sp³-hybridized carbons (Fsp3) is 0.211. The molecule has 2 aromatic carbocycles. The number of nitrogens with two attached hydrogens (primary N) is 2. The Hall–Kier alpha value is -2.59. The van der Waals surface area contributed by atoms with Gasteiger partial charge in [-0.15, -0.1) is 0 Å². The van der Waals surface area contributed by atoms with Gasteiger partial charge in [0.25, 0.3) is 0 Å². The quantitative estimate of drug-likeness (QED) is 0.763. The molecule has 116 valence electrons. The van der Waals surface area contributed by atoms with E-state index in [0.717, 1.165) is 34.1 Å². The second-order valence-corrected chi connectivity index (χ2v) is 6.15. The van der Waals surface area contributed by atoms with Crippen LogP contribution in [0.4, 0.5) is 5.82 Å². The van der Waals surface area contributed by atoms with Crippen LogP contribution in [0.1, 0.15) is 11.1 Å². The van der Waals surface area contributed by atoms with Gasteiger partial charge in [-0.1, -0.05) is 18.2 Å². The maximum absolute atomic E-state index is 6.07. The van der Waals surface area contributed by atoms with Gasteiger partial charge < -0.3 is 16.2 Å². The fourth-order valence-corrected chi connectivity index (χ4v) is 3.26. The van der Waals surface area contributed by atoms with E-state index in [0.29, 0.717) is 12.4 Å². The number of anilines is 1. The Kier molecular flexibility index (Phi) is 3.20. The van der Waals surface area contributed by atoms with Crippen LogP contribution in [0.15, 0.2) is 42.6 Å². The molecule has 0 bridgehead atoms. The Labute approximate surface area is 135 Å². The van der Waals surface area contributed by atoms with Crippen molar-refractivity contribution in [3.05, 3.63) is 53.7 Å². The summed E-state index contributed by atoms with van der Waals surface area (Å²) in [7, 11) is 0. The van der Waals surface area contributed by atoms with Crippen molar-refractivity contribution in [3.8, 4) is 16.9 Å². The van der Waals surface area contributed by atoms with Crippen LogP contribution in [0, 0.1) is 6.92 Å². The van der Waals surface area contributed by atoms with Crippen molar-refractivity contribution in [2.45, 2.75) is 19.4 Å². The number of benzene rings is 2. The van der Waals surface area contributed by atoms with Gasteiger partial charge in [-0.3, -0.25) is 0 Å². The topological polar surface area (TPSA) is 74.2 Å². The Balaban J connectivity index is 1.88. The number of fused-ring (bicyclic) bond motifs is 2. The molecule has 4 N–H and O–H groups in total. The van der Waals surface area contributed by atoms with Gasteiger partial charge in [0.15, 0.2) is 0 Å². The molecule has 0 saturated carbocycles. The largest absolute Gasteiger partial charge is 0.488 e. The zero-order valence-corrected chi connectivity index (χ0v) is 13.0. The van der Waals surface area contributed by atoms with Crippen molar-refractivity contribution in [1.82, 2.24) is 4.98 Å². The molecular weight excluding hydrogens is 286 g/mol. The molecule has 0 radical (unpaired) electrons. The average Bonchev–Trinajstić information content (AvgIpc) is 2.96. The highest BCUT2D eigenvalue weighted by Gasteiger charge is 2.25. The molecule has 2 heterocycles. The third kappa shape index (κ3) is 2.41. The molecule has 1 aliphatic heterocycles. The van der Waals surface area contributed by atoms with E-state index in [1.165, 1.54) is 11.1 Å². The van der Waals surface area contributed by atoms with E-state index >= 15 is 0 Å². The summed E-state index contributed by atoms with van der Waals surface area (Å²) in [5.41, 5.74) is 16.3. The minimum atomic E-state index is 0.0749. The molecule has 3 aromatic rings. The summed E-state index contributed by atoms with van der Waals surface area (Å²) in [6, 6.07) is 12.6. The highest BCUT2D eigenvalue weighted by Crippen LogP contribution is 2.40. The SMILES string of the molecule is Cc1cc2c(c(-c3ccc4cnc(N)cc4c3)c1)OC(CN)C2. The lowest BCUT2D eigenvalue weighted by Crippen LogP contribution is -2.24. The number of nitrogen functional groups attached to an aromatic ring is 1. The van der Waals surface area contributed by atoms with Crippen molar-refractivity contribution in [2.75, 3.05) is 12.3 Å². The molecule has 0 saturated heterocycles. The van der Waals surface area contributed by atoms with E-state index in [1.54, 1.807) is 6.20 Å². The first kappa shape index (κ1) is 14.0. The zero-order valence-electron chi connectivity index (χ0n) is 13.0. The van der Waals surface area contributed by atoms with Gasteiger partial charge in [-0.2, -0.15) is 0 Å². The number of hydrogen-bond donors (Lipinski definition) is 2. The van der Waals surface area contributed by atoms with Gasteiger partial charge in [0.1, 0.15) is 17.7 Å². The maximum Gasteiger partial charge on any atom is 0.130 e. The summed E-state index contributed by atoms with van der Waals surface area (Å²) in [6.07, 6.45) is 2.76. The predicted octanol–water partition coefficient (Wildman–Crippen LogP) is 3.05. The van der Waals surface area contributed by atoms with Crippen LogP contribution in [0.3, 0.4) is 0 Å². The van der Waals surface area contributed by atoms with Gasteiger partial charge in [-0.05, 0) is 47.2 Å². The summed E-state index contributed by atoms with van der Waals surface area (Å²) in [6.45, 7) is 2.65. The third-order valence-electron chi connectivity index (χ3n) is 4.36. The van der Waals surface area contributed by atoms with Crippen LogP contribution >= 0.6 is 0 Å². The third-order valence-corrected chi connectivity index (χ3v) is 4.36. The first-order valence-corrected chi connectivity index (χ1v) is 7.80. The normalized spacial score (nSPS) is 16.3. The number of nitrogens with zero attached hydrogens (tertiary/aromatic N) is 1. The maximum atomic E-state index is 6.07. The van der Waals surface area contributed by atoms with Crippen LogP contribution in [-0.2, 0) is 6.42 Å². The minimum absolute atomic E-state index is 0.0749. The number of hydrogen-bond acceptors (Lipinski definition) is 4. The average molecular weight is 305 g/mol. The van der Waals surface area contributed by atoms with Gasteiger partial charge in [-0.25, -0.2) is 4.98 Å². The number of ether oxygens (including phenoxy) is 1. The Morgan fingerprint density at radius 2 is 2.04 bits per heavy atom. The molecule has 1 aliphatic rings. The molecule has 4 nitrogen and oxygen atoms in total. The van der Waals surface area contributed by atoms with Gasteiger partial charge >= 0.3 is 0 Å². The minimum Gasteiger partial charge on any atom is -0.488 e. The lowest BCUT2D eigenvalue weighted by molar-refractivity contribution is 0.242. The number of pyridine rings is 1. The number of aryl methyl sites for hydroxylation is 1. The molecule has 1 atom stereocenters. The number of rotatable bonds is 2. The molecule has 0 fully saturated rings. The Morgan fingerprint density at radius 1 is 1.17 bits per heavy atom. The second-order valence-electron chi connectivity index (χ2n) is 6.15. The second kappa shape index (κ2) is 5.25. The summed E-state index contributed by atoms with van der Waals surface area (Å²) < 4.78 is 6.07. The van der Waals surface area contributed by atoms with E-state index in [1.807, 2.05) is 6.07 Å². The summed E-state index contributed by atoms with van der Waals surface area (Å²) in [5.74, 6) is 1.50. The van der Waals surface area contributed by atoms with Gasteiger partial charge in [0.2, 0.25) is 0 Å². The molecule has 4 heteroatoms. The van der Waals surface area contributed by atoms with Crippen molar-refractivity contribution in [3.63, 3.8) is 0 Å². The fourth-order valence-electron chi connectivity index (χ4n) is 3.26. The molecule has 0 amide bonds. The molecule has 1 unspecified atom stereocenters. The van der Waals surface area contributed by atoms with Crippen molar-refractivity contribution < 1.29 is 4.74 Å². The predicted molar refractivity (Wildman–Crippen MR) is 93.5 cm³/mol. The molecular formula is C19H19N3O. The zero-order chi connectivity index (χ0) is 16.0. The van der Waals surface area contributed by atoms with E-state index in [9.17, 15) is 0 Å². The molecule has 1 aromatic heterocycles.